The highest BCUT2D eigenvalue weighted by Crippen LogP contribution is 2.37. The molecule has 0 aromatic rings. The highest BCUT2D eigenvalue weighted by atomic mass is 35.5. The third kappa shape index (κ3) is 1.76. The van der Waals surface area contributed by atoms with Crippen LogP contribution in [0.1, 0.15) is 12.8 Å². The van der Waals surface area contributed by atoms with Gasteiger partial charge in [-0.2, -0.15) is 0 Å². The number of nitrogens with one attached hydrogen (secondary N) is 1. The molecule has 0 amide bonds. The molecular weight excluding hydrogens is 172 g/mol. The monoisotopic (exact) mass is 190 g/mol. The summed E-state index contributed by atoms with van der Waals surface area (Å²) in [6.45, 7) is 2.67. The second-order valence-corrected chi connectivity index (χ2v) is 4.20. The molecule has 1 aliphatic heterocycles. The number of nitrogens with zero attached hydrogens (tertiary/aromatic N) is 1. The Bertz CT molecular complexity index is 137. The molecule has 1 unspecified atom stereocenters. The summed E-state index contributed by atoms with van der Waals surface area (Å²) >= 11 is 0. The zero-order valence-corrected chi connectivity index (χ0v) is 8.73. The third-order valence-electron chi connectivity index (χ3n) is 3.34. The third-order valence-corrected chi connectivity index (χ3v) is 3.34. The van der Waals surface area contributed by atoms with E-state index in [1.165, 1.54) is 25.9 Å². The first kappa shape index (κ1) is 10.3. The van der Waals surface area contributed by atoms with Crippen molar-refractivity contribution in [2.24, 2.45) is 11.8 Å². The largest absolute Gasteiger partial charge is 0.317 e. The van der Waals surface area contributed by atoms with E-state index in [9.17, 15) is 0 Å². The van der Waals surface area contributed by atoms with Crippen LogP contribution in [0.5, 0.6) is 0 Å². The van der Waals surface area contributed by atoms with Crippen molar-refractivity contribution < 1.29 is 0 Å². The smallest absolute Gasteiger partial charge is 0.00705 e. The molecule has 0 bridgehead atoms. The van der Waals surface area contributed by atoms with Crippen LogP contribution in [0.15, 0.2) is 0 Å². The van der Waals surface area contributed by atoms with Crippen LogP contribution in [-0.4, -0.2) is 38.1 Å². The van der Waals surface area contributed by atoms with Crippen molar-refractivity contribution in [2.75, 3.05) is 27.2 Å². The molecule has 0 aromatic carbocycles. The number of hydrogen-bond acceptors (Lipinski definition) is 2. The lowest BCUT2D eigenvalue weighted by Crippen LogP contribution is -2.25. The van der Waals surface area contributed by atoms with Gasteiger partial charge in [0.2, 0.25) is 0 Å². The van der Waals surface area contributed by atoms with Gasteiger partial charge in [-0.15, -0.1) is 12.4 Å². The van der Waals surface area contributed by atoms with E-state index >= 15 is 0 Å². The number of likely N-dealkylation sites (tertiary alicyclic amines) is 1. The molecule has 2 aliphatic rings. The Hall–Kier alpha value is 0.210. The second kappa shape index (κ2) is 3.95. The molecule has 1 saturated carbocycles. The molecule has 0 radical (unpaired) electrons. The lowest BCUT2D eigenvalue weighted by atomic mass is 10.0. The van der Waals surface area contributed by atoms with Gasteiger partial charge in [-0.25, -0.2) is 0 Å². The summed E-state index contributed by atoms with van der Waals surface area (Å²) in [4.78, 5) is 2.47. The van der Waals surface area contributed by atoms with Gasteiger partial charge in [0.15, 0.2) is 0 Å². The maximum atomic E-state index is 3.39. The normalized spacial score (nSPS) is 41.0. The molecule has 1 aliphatic carbocycles. The van der Waals surface area contributed by atoms with E-state index in [-0.39, 0.29) is 12.4 Å². The van der Waals surface area contributed by atoms with E-state index in [0.29, 0.717) is 0 Å². The van der Waals surface area contributed by atoms with Crippen LogP contribution >= 0.6 is 12.4 Å². The van der Waals surface area contributed by atoms with E-state index in [1.54, 1.807) is 0 Å². The van der Waals surface area contributed by atoms with Gasteiger partial charge in [0.1, 0.15) is 0 Å². The molecule has 0 spiro atoms. The van der Waals surface area contributed by atoms with Crippen LogP contribution in [0.3, 0.4) is 0 Å². The quantitative estimate of drug-likeness (QED) is 0.663. The van der Waals surface area contributed by atoms with Crippen LogP contribution < -0.4 is 5.32 Å². The topological polar surface area (TPSA) is 15.3 Å². The van der Waals surface area contributed by atoms with Gasteiger partial charge < -0.3 is 10.2 Å². The highest BCUT2D eigenvalue weighted by Gasteiger charge is 2.38. The first-order chi connectivity index (χ1) is 5.29. The van der Waals surface area contributed by atoms with Crippen molar-refractivity contribution in [3.63, 3.8) is 0 Å². The van der Waals surface area contributed by atoms with Gasteiger partial charge in [0.25, 0.3) is 0 Å². The predicted octanol–water partition coefficient (Wildman–Crippen LogP) is 0.968. The molecule has 2 fully saturated rings. The molecule has 1 N–H and O–H groups in total. The number of halogens is 1. The molecule has 1 heterocycles. The Morgan fingerprint density at radius 2 is 1.67 bits per heavy atom. The van der Waals surface area contributed by atoms with Crippen LogP contribution in [-0.2, 0) is 0 Å². The summed E-state index contributed by atoms with van der Waals surface area (Å²) in [5, 5.41) is 3.39. The summed E-state index contributed by atoms with van der Waals surface area (Å²) in [7, 11) is 4.34. The van der Waals surface area contributed by atoms with Crippen molar-refractivity contribution in [3.8, 4) is 0 Å². The van der Waals surface area contributed by atoms with Gasteiger partial charge in [-0.3, -0.25) is 0 Å². The molecule has 2 nitrogen and oxygen atoms in total. The molecule has 72 valence electrons. The lowest BCUT2D eigenvalue weighted by Gasteiger charge is -2.12. The van der Waals surface area contributed by atoms with Crippen molar-refractivity contribution in [1.82, 2.24) is 10.2 Å². The first-order valence-electron chi connectivity index (χ1n) is 4.65. The van der Waals surface area contributed by atoms with E-state index in [0.717, 1.165) is 17.9 Å². The second-order valence-electron chi connectivity index (χ2n) is 4.20. The van der Waals surface area contributed by atoms with Crippen molar-refractivity contribution in [1.29, 1.82) is 0 Å². The van der Waals surface area contributed by atoms with Crippen LogP contribution in [0, 0.1) is 11.8 Å². The van der Waals surface area contributed by atoms with Crippen LogP contribution in [0.25, 0.3) is 0 Å². The maximum absolute atomic E-state index is 3.39. The molecule has 3 heteroatoms. The summed E-state index contributed by atoms with van der Waals surface area (Å²) in [5.41, 5.74) is 0. The minimum Gasteiger partial charge on any atom is -0.317 e. The Morgan fingerprint density at radius 1 is 1.17 bits per heavy atom. The first-order valence-corrected chi connectivity index (χ1v) is 4.65. The summed E-state index contributed by atoms with van der Waals surface area (Å²) in [5.74, 6) is 2.00. The fourth-order valence-electron chi connectivity index (χ4n) is 2.77. The van der Waals surface area contributed by atoms with Crippen LogP contribution in [0.2, 0.25) is 0 Å². The van der Waals surface area contributed by atoms with E-state index in [4.69, 9.17) is 0 Å². The van der Waals surface area contributed by atoms with Crippen molar-refractivity contribution in [3.05, 3.63) is 0 Å². The zero-order chi connectivity index (χ0) is 7.84. The molecule has 2 rings (SSSR count). The van der Waals surface area contributed by atoms with E-state index in [2.05, 4.69) is 24.3 Å². The average Bonchev–Trinajstić information content (AvgIpc) is 2.43. The summed E-state index contributed by atoms with van der Waals surface area (Å²) in [6, 6.07) is 0.818. The Balaban J connectivity index is 0.000000720. The van der Waals surface area contributed by atoms with E-state index < -0.39 is 0 Å². The standard InChI is InChI=1S/C9H18N2.ClH/c1-10-9-3-7-5-11(2)6-8(7)4-9;/h7-10H,3-6H2,1-2H3;1H/t7-,8+,9?;. The lowest BCUT2D eigenvalue weighted by molar-refractivity contribution is 0.363. The molecule has 3 atom stereocenters. The predicted molar refractivity (Wildman–Crippen MR) is 53.8 cm³/mol. The van der Waals surface area contributed by atoms with Crippen molar-refractivity contribution >= 4 is 12.4 Å². The van der Waals surface area contributed by atoms with Crippen molar-refractivity contribution in [2.45, 2.75) is 18.9 Å². The van der Waals surface area contributed by atoms with Gasteiger partial charge in [-0.05, 0) is 38.8 Å². The number of fused-ring (bicyclic) bond motifs is 1. The van der Waals surface area contributed by atoms with Gasteiger partial charge >= 0.3 is 0 Å². The summed E-state index contributed by atoms with van der Waals surface area (Å²) in [6.07, 6.45) is 2.82. The Labute approximate surface area is 81.1 Å². The Morgan fingerprint density at radius 3 is 2.08 bits per heavy atom. The minimum absolute atomic E-state index is 0. The fourth-order valence-corrected chi connectivity index (χ4v) is 2.77. The molecular formula is C9H19ClN2. The average molecular weight is 191 g/mol. The molecule has 1 saturated heterocycles. The zero-order valence-electron chi connectivity index (χ0n) is 7.92. The maximum Gasteiger partial charge on any atom is 0.00705 e. The number of hydrogen-bond donors (Lipinski definition) is 1. The summed E-state index contributed by atoms with van der Waals surface area (Å²) < 4.78 is 0. The molecule has 0 aromatic heterocycles. The van der Waals surface area contributed by atoms with Gasteiger partial charge in [0, 0.05) is 19.1 Å². The van der Waals surface area contributed by atoms with Gasteiger partial charge in [0.05, 0.1) is 0 Å². The van der Waals surface area contributed by atoms with E-state index in [1.807, 2.05) is 0 Å². The highest BCUT2D eigenvalue weighted by molar-refractivity contribution is 5.85. The van der Waals surface area contributed by atoms with Gasteiger partial charge in [-0.1, -0.05) is 0 Å². The number of rotatable bonds is 1. The SMILES string of the molecule is CNC1C[C@@H]2CN(C)C[C@@H]2C1.Cl. The Kier molecular flexibility index (Phi) is 3.38. The van der Waals surface area contributed by atoms with Crippen LogP contribution in [0.4, 0.5) is 0 Å². The fraction of sp³-hybridized carbons (Fsp3) is 1.00. The minimum atomic E-state index is 0. The molecule has 12 heavy (non-hydrogen) atoms.